The molecule has 2 heterocycles. The molecule has 0 aliphatic carbocycles. The molecule has 1 aromatic heterocycles. The van der Waals surface area contributed by atoms with Crippen LogP contribution in [0.25, 0.3) is 22.0 Å². The highest BCUT2D eigenvalue weighted by Gasteiger charge is 2.39. The number of esters is 1. The third-order valence-electron chi connectivity index (χ3n) is 7.68. The van der Waals surface area contributed by atoms with Gasteiger partial charge in [-0.1, -0.05) is 50.6 Å². The van der Waals surface area contributed by atoms with Crippen LogP contribution >= 0.6 is 0 Å². The average molecular weight is 612 g/mol. The molecule has 43 heavy (non-hydrogen) atoms. The van der Waals surface area contributed by atoms with Gasteiger partial charge in [-0.25, -0.2) is 13.2 Å². The number of nitrogens with one attached hydrogen (secondary N) is 1. The lowest BCUT2D eigenvalue weighted by molar-refractivity contribution is -0.164. The van der Waals surface area contributed by atoms with Crippen LogP contribution in [0, 0.1) is 19.3 Å². The molecule has 1 aliphatic rings. The van der Waals surface area contributed by atoms with Gasteiger partial charge in [-0.2, -0.15) is 0 Å². The maximum atomic E-state index is 13.7. The summed E-state index contributed by atoms with van der Waals surface area (Å²) >= 11 is 0. The van der Waals surface area contributed by atoms with Gasteiger partial charge in [0, 0.05) is 24.0 Å². The van der Waals surface area contributed by atoms with Crippen LogP contribution < -0.4 is 9.62 Å². The van der Waals surface area contributed by atoms with Crippen LogP contribution in [0.5, 0.6) is 0 Å². The van der Waals surface area contributed by atoms with E-state index >= 15 is 0 Å². The number of carbonyl (C=O) groups excluding carboxylic acids is 2. The molecule has 1 N–H and O–H groups in total. The van der Waals surface area contributed by atoms with Crippen LogP contribution in [0.3, 0.4) is 0 Å². The molecule has 2 aromatic carbocycles. The van der Waals surface area contributed by atoms with E-state index in [1.165, 1.54) is 17.7 Å². The Kier molecular flexibility index (Phi) is 8.79. The Hall–Kier alpha value is -3.37. The van der Waals surface area contributed by atoms with Crippen molar-refractivity contribution in [2.45, 2.75) is 80.1 Å². The Morgan fingerprint density at radius 2 is 1.65 bits per heavy atom. The SMILES string of the molecule is COC(=O)[C@@H](OC(C)(C)C)c1c(C)c2c3c(cc(C(=O)NCCC(C)(C)C)n3CCN2S(C)(=O)=O)c1-c1ccc(C)cc1. The highest BCUT2D eigenvalue weighted by molar-refractivity contribution is 7.92. The maximum absolute atomic E-state index is 13.7. The first kappa shape index (κ1) is 32.5. The third-order valence-corrected chi connectivity index (χ3v) is 8.84. The number of rotatable bonds is 8. The van der Waals surface area contributed by atoms with Gasteiger partial charge in [-0.3, -0.25) is 9.10 Å². The first-order valence-corrected chi connectivity index (χ1v) is 16.5. The smallest absolute Gasteiger partial charge is 0.339 e. The largest absolute Gasteiger partial charge is 0.467 e. The quantitative estimate of drug-likeness (QED) is 0.318. The van der Waals surface area contributed by atoms with Crippen molar-refractivity contribution in [3.8, 4) is 11.1 Å². The topological polar surface area (TPSA) is 107 Å². The van der Waals surface area contributed by atoms with Crippen molar-refractivity contribution in [2.75, 3.05) is 30.8 Å². The number of anilines is 1. The molecule has 0 saturated carbocycles. The van der Waals surface area contributed by atoms with Gasteiger partial charge in [0.05, 0.1) is 36.7 Å². The third kappa shape index (κ3) is 6.75. The van der Waals surface area contributed by atoms with Crippen LogP contribution in [0.1, 0.15) is 81.2 Å². The molecule has 3 aromatic rings. The van der Waals surface area contributed by atoms with E-state index < -0.39 is 27.7 Å². The second-order valence-corrected chi connectivity index (χ2v) is 15.5. The fourth-order valence-corrected chi connectivity index (χ4v) is 6.65. The zero-order valence-electron chi connectivity index (χ0n) is 27.0. The van der Waals surface area contributed by atoms with Gasteiger partial charge in [-0.15, -0.1) is 0 Å². The average Bonchev–Trinajstić information content (AvgIpc) is 3.27. The van der Waals surface area contributed by atoms with Gasteiger partial charge in [0.25, 0.3) is 5.91 Å². The summed E-state index contributed by atoms with van der Waals surface area (Å²) in [5, 5.41) is 3.73. The minimum Gasteiger partial charge on any atom is -0.467 e. The summed E-state index contributed by atoms with van der Waals surface area (Å²) in [6, 6.07) is 9.73. The van der Waals surface area contributed by atoms with Crippen LogP contribution in [0.4, 0.5) is 5.69 Å². The molecular weight excluding hydrogens is 566 g/mol. The Bertz CT molecular complexity index is 1660. The Morgan fingerprint density at radius 3 is 2.19 bits per heavy atom. The molecule has 1 atom stereocenters. The highest BCUT2D eigenvalue weighted by Crippen LogP contribution is 2.48. The number of hydrogen-bond donors (Lipinski definition) is 1. The van der Waals surface area contributed by atoms with E-state index in [9.17, 15) is 18.0 Å². The van der Waals surface area contributed by atoms with E-state index in [4.69, 9.17) is 9.47 Å². The number of nitrogens with zero attached hydrogens (tertiary/aromatic N) is 2. The van der Waals surface area contributed by atoms with Crippen molar-refractivity contribution in [3.63, 3.8) is 0 Å². The molecule has 10 heteroatoms. The first-order valence-electron chi connectivity index (χ1n) is 14.6. The number of aryl methyl sites for hydroxylation is 1. The number of aromatic nitrogens is 1. The normalized spacial score (nSPS) is 14.6. The lowest BCUT2D eigenvalue weighted by Gasteiger charge is -2.35. The van der Waals surface area contributed by atoms with E-state index in [1.807, 2.05) is 69.5 Å². The van der Waals surface area contributed by atoms with Crippen molar-refractivity contribution in [1.29, 1.82) is 0 Å². The number of sulfonamides is 1. The first-order chi connectivity index (χ1) is 19.8. The molecule has 9 nitrogen and oxygen atoms in total. The molecule has 0 bridgehead atoms. The molecule has 1 aliphatic heterocycles. The molecule has 0 spiro atoms. The van der Waals surface area contributed by atoms with Crippen LogP contribution in [-0.2, 0) is 30.8 Å². The van der Waals surface area contributed by atoms with E-state index in [0.29, 0.717) is 52.1 Å². The number of carbonyl (C=O) groups is 2. The number of methoxy groups -OCH3 is 1. The summed E-state index contributed by atoms with van der Waals surface area (Å²) < 4.78 is 41.2. The zero-order chi connectivity index (χ0) is 32.1. The predicted molar refractivity (Wildman–Crippen MR) is 171 cm³/mol. The fourth-order valence-electron chi connectivity index (χ4n) is 5.68. The van der Waals surface area contributed by atoms with E-state index in [2.05, 4.69) is 26.1 Å². The lowest BCUT2D eigenvalue weighted by Crippen LogP contribution is -2.38. The monoisotopic (exact) mass is 611 g/mol. The van der Waals surface area contributed by atoms with Gasteiger partial charge in [0.15, 0.2) is 6.10 Å². The second kappa shape index (κ2) is 11.6. The summed E-state index contributed by atoms with van der Waals surface area (Å²) in [6.07, 6.45) is 0.820. The van der Waals surface area contributed by atoms with Gasteiger partial charge in [0.1, 0.15) is 5.69 Å². The summed E-state index contributed by atoms with van der Waals surface area (Å²) in [4.78, 5) is 27.1. The summed E-state index contributed by atoms with van der Waals surface area (Å²) in [7, 11) is -2.39. The molecule has 0 fully saturated rings. The van der Waals surface area contributed by atoms with E-state index in [1.54, 1.807) is 0 Å². The Morgan fingerprint density at radius 1 is 1.02 bits per heavy atom. The molecular formula is C33H45N3O6S. The highest BCUT2D eigenvalue weighted by atomic mass is 32.2. The number of ether oxygens (including phenoxy) is 2. The lowest BCUT2D eigenvalue weighted by atomic mass is 9.87. The summed E-state index contributed by atoms with van der Waals surface area (Å²) in [6.45, 7) is 16.7. The molecule has 0 unspecified atom stereocenters. The molecule has 0 radical (unpaired) electrons. The zero-order valence-corrected chi connectivity index (χ0v) is 27.9. The van der Waals surface area contributed by atoms with Gasteiger partial charge < -0.3 is 19.4 Å². The molecule has 0 saturated heterocycles. The minimum absolute atomic E-state index is 0.0508. The van der Waals surface area contributed by atoms with Gasteiger partial charge in [0.2, 0.25) is 10.0 Å². The number of benzene rings is 2. The minimum atomic E-state index is -3.70. The van der Waals surface area contributed by atoms with Gasteiger partial charge in [-0.05, 0) is 69.2 Å². The number of amides is 1. The molecule has 4 rings (SSSR count). The van der Waals surface area contributed by atoms with E-state index in [-0.39, 0.29) is 17.9 Å². The van der Waals surface area contributed by atoms with Crippen LogP contribution in [0.15, 0.2) is 30.3 Å². The summed E-state index contributed by atoms with van der Waals surface area (Å²) in [5.41, 5.74) is 4.50. The Balaban J connectivity index is 2.13. The van der Waals surface area contributed by atoms with Crippen LogP contribution in [0.2, 0.25) is 0 Å². The van der Waals surface area contributed by atoms with Crippen molar-refractivity contribution in [3.05, 3.63) is 52.7 Å². The Labute approximate surface area is 255 Å². The fraction of sp³-hybridized carbons (Fsp3) is 0.515. The summed E-state index contributed by atoms with van der Waals surface area (Å²) in [5.74, 6) is -0.831. The number of hydrogen-bond acceptors (Lipinski definition) is 6. The van der Waals surface area contributed by atoms with E-state index in [0.717, 1.165) is 17.5 Å². The van der Waals surface area contributed by atoms with Crippen molar-refractivity contribution in [2.24, 2.45) is 5.41 Å². The van der Waals surface area contributed by atoms with Crippen LogP contribution in [-0.4, -0.2) is 56.9 Å². The maximum Gasteiger partial charge on any atom is 0.339 e. The van der Waals surface area contributed by atoms with Gasteiger partial charge >= 0.3 is 5.97 Å². The predicted octanol–water partition coefficient (Wildman–Crippen LogP) is 5.90. The van der Waals surface area contributed by atoms with Crippen molar-refractivity contribution in [1.82, 2.24) is 9.88 Å². The van der Waals surface area contributed by atoms with Crippen molar-refractivity contribution >= 4 is 38.5 Å². The standard InChI is InChI=1S/C33H45N3O6S/c1-20-11-13-22(14-12-20)26-23-19-24(30(37)34-16-15-32(3,4)5)35-17-18-36(43(10,39)40)27(28(23)35)21(2)25(26)29(31(38)41-9)42-33(6,7)8/h11-14,19,29H,15-18H2,1-10H3,(H,34,37)/t29-/m0/s1. The van der Waals surface area contributed by atoms with Crippen molar-refractivity contribution < 1.29 is 27.5 Å². The second-order valence-electron chi connectivity index (χ2n) is 13.6. The molecule has 234 valence electrons. The molecule has 1 amide bonds.